The van der Waals surface area contributed by atoms with Crippen LogP contribution in [0.2, 0.25) is 0 Å². The molecule has 0 bridgehead atoms. The Labute approximate surface area is 91.8 Å². The van der Waals surface area contributed by atoms with Gasteiger partial charge in [-0.15, -0.1) is 0 Å². The minimum atomic E-state index is 0.237. The molecule has 15 heavy (non-hydrogen) atoms. The summed E-state index contributed by atoms with van der Waals surface area (Å²) < 4.78 is 5.35. The predicted octanol–water partition coefficient (Wildman–Crippen LogP) is 1.69. The minimum absolute atomic E-state index is 0.237. The molecule has 2 fully saturated rings. The topological polar surface area (TPSA) is 45.0 Å². The highest BCUT2D eigenvalue weighted by Gasteiger charge is 2.25. The lowest BCUT2D eigenvalue weighted by Crippen LogP contribution is -2.40. The summed E-state index contributed by atoms with van der Waals surface area (Å²) in [5.74, 6) is 0.910. The van der Waals surface area contributed by atoms with E-state index in [1.807, 2.05) is 0 Å². The summed E-state index contributed by atoms with van der Waals surface area (Å²) in [6, 6.07) is 2.87. The maximum atomic E-state index is 9.04. The zero-order chi connectivity index (χ0) is 10.5. The van der Waals surface area contributed by atoms with Crippen molar-refractivity contribution in [1.82, 2.24) is 5.32 Å². The van der Waals surface area contributed by atoms with Gasteiger partial charge in [0.05, 0.1) is 18.6 Å². The quantitative estimate of drug-likeness (QED) is 0.767. The van der Waals surface area contributed by atoms with Crippen LogP contribution in [0.15, 0.2) is 0 Å². The molecular weight excluding hydrogens is 188 g/mol. The van der Waals surface area contributed by atoms with Crippen molar-refractivity contribution in [2.24, 2.45) is 11.8 Å². The summed E-state index contributed by atoms with van der Waals surface area (Å²) in [7, 11) is 0. The molecule has 3 nitrogen and oxygen atoms in total. The largest absolute Gasteiger partial charge is 0.381 e. The molecular formula is C12H20N2O. The summed E-state index contributed by atoms with van der Waals surface area (Å²) in [6.07, 6.45) is 5.93. The normalized spacial score (nSPS) is 36.3. The number of nitriles is 1. The number of hydrogen-bond acceptors (Lipinski definition) is 3. The van der Waals surface area contributed by atoms with Crippen molar-refractivity contribution < 1.29 is 4.74 Å². The summed E-state index contributed by atoms with van der Waals surface area (Å²) in [5.41, 5.74) is 0. The van der Waals surface area contributed by atoms with Crippen LogP contribution in [-0.4, -0.2) is 25.8 Å². The third-order valence-corrected chi connectivity index (χ3v) is 3.62. The van der Waals surface area contributed by atoms with Crippen LogP contribution in [0.25, 0.3) is 0 Å². The van der Waals surface area contributed by atoms with Crippen LogP contribution >= 0.6 is 0 Å². The predicted molar refractivity (Wildman–Crippen MR) is 58.3 cm³/mol. The molecule has 0 spiro atoms. The zero-order valence-corrected chi connectivity index (χ0v) is 9.24. The smallest absolute Gasteiger partial charge is 0.0672 e. The summed E-state index contributed by atoms with van der Waals surface area (Å²) in [4.78, 5) is 0. The van der Waals surface area contributed by atoms with Crippen molar-refractivity contribution in [2.75, 3.05) is 19.8 Å². The first-order valence-electron chi connectivity index (χ1n) is 6.11. The van der Waals surface area contributed by atoms with Gasteiger partial charge in [-0.05, 0) is 25.2 Å². The van der Waals surface area contributed by atoms with Crippen LogP contribution in [0.5, 0.6) is 0 Å². The molecule has 3 atom stereocenters. The Morgan fingerprint density at radius 1 is 1.27 bits per heavy atom. The van der Waals surface area contributed by atoms with Gasteiger partial charge >= 0.3 is 0 Å². The van der Waals surface area contributed by atoms with Crippen molar-refractivity contribution in [2.45, 2.75) is 38.1 Å². The third kappa shape index (κ3) is 2.93. The Morgan fingerprint density at radius 3 is 2.87 bits per heavy atom. The molecule has 0 aromatic carbocycles. The molecule has 1 N–H and O–H groups in total. The molecule has 0 aromatic heterocycles. The first-order chi connectivity index (χ1) is 7.40. The van der Waals surface area contributed by atoms with Crippen LogP contribution < -0.4 is 5.32 Å². The van der Waals surface area contributed by atoms with Gasteiger partial charge in [0.15, 0.2) is 0 Å². The van der Waals surface area contributed by atoms with Gasteiger partial charge in [-0.25, -0.2) is 0 Å². The van der Waals surface area contributed by atoms with Crippen molar-refractivity contribution >= 4 is 0 Å². The number of rotatable bonds is 3. The molecule has 0 aromatic rings. The van der Waals surface area contributed by atoms with E-state index in [0.29, 0.717) is 12.0 Å². The van der Waals surface area contributed by atoms with Gasteiger partial charge in [-0.1, -0.05) is 12.8 Å². The number of nitrogens with one attached hydrogen (secondary N) is 1. The number of hydrogen-bond donors (Lipinski definition) is 1. The first kappa shape index (κ1) is 10.9. The molecule has 3 unspecified atom stereocenters. The lowest BCUT2D eigenvalue weighted by Gasteiger charge is -2.28. The Morgan fingerprint density at radius 2 is 2.13 bits per heavy atom. The van der Waals surface area contributed by atoms with Crippen molar-refractivity contribution in [1.29, 1.82) is 5.26 Å². The third-order valence-electron chi connectivity index (χ3n) is 3.62. The van der Waals surface area contributed by atoms with Crippen LogP contribution in [-0.2, 0) is 4.74 Å². The molecule has 2 aliphatic rings. The second-order valence-electron chi connectivity index (χ2n) is 4.76. The highest BCUT2D eigenvalue weighted by Crippen LogP contribution is 2.24. The van der Waals surface area contributed by atoms with E-state index in [9.17, 15) is 0 Å². The second kappa shape index (κ2) is 5.48. The maximum absolute atomic E-state index is 9.04. The first-order valence-corrected chi connectivity index (χ1v) is 6.11. The number of nitrogens with zero attached hydrogens (tertiary/aromatic N) is 1. The summed E-state index contributed by atoms with van der Waals surface area (Å²) in [5, 5.41) is 12.6. The lowest BCUT2D eigenvalue weighted by molar-refractivity contribution is 0.182. The molecule has 3 heteroatoms. The Kier molecular flexibility index (Phi) is 3.99. The van der Waals surface area contributed by atoms with Crippen molar-refractivity contribution in [3.8, 4) is 6.07 Å². The molecule has 84 valence electrons. The zero-order valence-electron chi connectivity index (χ0n) is 9.24. The van der Waals surface area contributed by atoms with Crippen LogP contribution in [0.4, 0.5) is 0 Å². The molecule has 1 aliphatic heterocycles. The lowest BCUT2D eigenvalue weighted by atomic mass is 9.85. The average Bonchev–Trinajstić information content (AvgIpc) is 2.79. The Bertz CT molecular complexity index is 230. The monoisotopic (exact) mass is 208 g/mol. The highest BCUT2D eigenvalue weighted by atomic mass is 16.5. The van der Waals surface area contributed by atoms with E-state index in [-0.39, 0.29) is 5.92 Å². The Hall–Kier alpha value is -0.590. The van der Waals surface area contributed by atoms with E-state index in [2.05, 4.69) is 11.4 Å². The van der Waals surface area contributed by atoms with Gasteiger partial charge in [0.25, 0.3) is 0 Å². The molecule has 0 radical (unpaired) electrons. The maximum Gasteiger partial charge on any atom is 0.0672 e. The van der Waals surface area contributed by atoms with E-state index in [1.165, 1.54) is 25.7 Å². The fourth-order valence-corrected chi connectivity index (χ4v) is 2.59. The standard InChI is InChI=1S/C12H20N2O/c13-7-11-3-1-2-4-12(11)14-8-10-5-6-15-9-10/h10-12,14H,1-6,8-9H2. The van der Waals surface area contributed by atoms with Crippen LogP contribution in [0, 0.1) is 23.2 Å². The Balaban J connectivity index is 1.74. The van der Waals surface area contributed by atoms with E-state index in [4.69, 9.17) is 10.00 Å². The van der Waals surface area contributed by atoms with Gasteiger partial charge in [0.2, 0.25) is 0 Å². The summed E-state index contributed by atoms with van der Waals surface area (Å²) in [6.45, 7) is 2.85. The summed E-state index contributed by atoms with van der Waals surface area (Å²) >= 11 is 0. The van der Waals surface area contributed by atoms with E-state index in [0.717, 1.165) is 26.2 Å². The SMILES string of the molecule is N#CC1CCCCC1NCC1CCOC1. The van der Waals surface area contributed by atoms with Gasteiger partial charge in [0.1, 0.15) is 0 Å². The second-order valence-corrected chi connectivity index (χ2v) is 4.76. The fraction of sp³-hybridized carbons (Fsp3) is 0.917. The van der Waals surface area contributed by atoms with Crippen LogP contribution in [0.1, 0.15) is 32.1 Å². The van der Waals surface area contributed by atoms with Gasteiger partial charge < -0.3 is 10.1 Å². The van der Waals surface area contributed by atoms with E-state index in [1.54, 1.807) is 0 Å². The molecule has 1 saturated heterocycles. The van der Waals surface area contributed by atoms with Gasteiger partial charge in [0, 0.05) is 19.2 Å². The van der Waals surface area contributed by atoms with Gasteiger partial charge in [-0.2, -0.15) is 5.26 Å². The minimum Gasteiger partial charge on any atom is -0.381 e. The van der Waals surface area contributed by atoms with Crippen molar-refractivity contribution in [3.63, 3.8) is 0 Å². The molecule has 1 aliphatic carbocycles. The van der Waals surface area contributed by atoms with Crippen molar-refractivity contribution in [3.05, 3.63) is 0 Å². The molecule has 1 heterocycles. The molecule has 2 rings (SSSR count). The van der Waals surface area contributed by atoms with Crippen LogP contribution in [0.3, 0.4) is 0 Å². The van der Waals surface area contributed by atoms with E-state index < -0.39 is 0 Å². The fourth-order valence-electron chi connectivity index (χ4n) is 2.59. The molecule has 0 amide bonds. The number of ether oxygens (including phenoxy) is 1. The average molecular weight is 208 g/mol. The van der Waals surface area contributed by atoms with Gasteiger partial charge in [-0.3, -0.25) is 0 Å². The highest BCUT2D eigenvalue weighted by molar-refractivity contribution is 4.94. The van der Waals surface area contributed by atoms with E-state index >= 15 is 0 Å². The molecule has 1 saturated carbocycles.